The second kappa shape index (κ2) is 6.53. The number of carbonyl (C=O) groups is 1. The molecule has 84 valence electrons. The van der Waals surface area contributed by atoms with Gasteiger partial charge >= 0.3 is 0 Å². The third-order valence-electron chi connectivity index (χ3n) is 1.98. The van der Waals surface area contributed by atoms with Crippen molar-refractivity contribution in [3.63, 3.8) is 0 Å². The molecule has 1 rings (SSSR count). The fraction of sp³-hybridized carbons (Fsp3) is 0.600. The monoisotopic (exact) mass is 227 g/mol. The molecule has 0 aliphatic heterocycles. The van der Waals surface area contributed by atoms with E-state index in [9.17, 15) is 4.79 Å². The van der Waals surface area contributed by atoms with Crippen molar-refractivity contribution >= 4 is 22.4 Å². The lowest BCUT2D eigenvalue weighted by atomic mass is 10.3. The zero-order valence-electron chi connectivity index (χ0n) is 9.17. The zero-order valence-corrected chi connectivity index (χ0v) is 9.99. The maximum atomic E-state index is 11.4. The number of nitrogens with one attached hydrogen (secondary N) is 2. The van der Waals surface area contributed by atoms with Gasteiger partial charge in [-0.15, -0.1) is 11.3 Å². The Morgan fingerprint density at radius 3 is 3.00 bits per heavy atom. The molecular weight excluding hydrogens is 210 g/mol. The van der Waals surface area contributed by atoms with Crippen LogP contribution in [0.1, 0.15) is 24.6 Å². The van der Waals surface area contributed by atoms with Crippen molar-refractivity contribution in [3.05, 3.63) is 11.1 Å². The Kier molecular flexibility index (Phi) is 5.28. The molecule has 5 heteroatoms. The summed E-state index contributed by atoms with van der Waals surface area (Å²) in [7, 11) is 1.88. The van der Waals surface area contributed by atoms with E-state index >= 15 is 0 Å². The van der Waals surface area contributed by atoms with Gasteiger partial charge in [0, 0.05) is 17.5 Å². The second-order valence-electron chi connectivity index (χ2n) is 3.24. The molecule has 0 atom stereocenters. The summed E-state index contributed by atoms with van der Waals surface area (Å²) in [6.07, 6.45) is 4.18. The van der Waals surface area contributed by atoms with Crippen molar-refractivity contribution in [2.45, 2.75) is 26.2 Å². The summed E-state index contributed by atoms with van der Waals surface area (Å²) < 4.78 is 0. The highest BCUT2D eigenvalue weighted by molar-refractivity contribution is 7.15. The minimum atomic E-state index is 0.0438. The van der Waals surface area contributed by atoms with Crippen LogP contribution < -0.4 is 10.6 Å². The summed E-state index contributed by atoms with van der Waals surface area (Å²) in [6.45, 7) is 2.94. The Morgan fingerprint density at radius 1 is 1.60 bits per heavy atom. The van der Waals surface area contributed by atoms with Crippen molar-refractivity contribution in [1.82, 2.24) is 10.3 Å². The van der Waals surface area contributed by atoms with Gasteiger partial charge in [-0.3, -0.25) is 4.79 Å². The number of anilines is 1. The lowest BCUT2D eigenvalue weighted by molar-refractivity contribution is -0.116. The predicted molar refractivity (Wildman–Crippen MR) is 63.3 cm³/mol. The smallest absolute Gasteiger partial charge is 0.226 e. The molecule has 15 heavy (non-hydrogen) atoms. The molecule has 0 saturated heterocycles. The molecule has 2 N–H and O–H groups in total. The third-order valence-corrected chi connectivity index (χ3v) is 3.04. The van der Waals surface area contributed by atoms with Gasteiger partial charge in [0.05, 0.1) is 0 Å². The molecule has 0 radical (unpaired) electrons. The lowest BCUT2D eigenvalue weighted by Gasteiger charge is -2.00. The van der Waals surface area contributed by atoms with Gasteiger partial charge in [-0.05, 0) is 26.4 Å². The highest BCUT2D eigenvalue weighted by atomic mass is 32.1. The van der Waals surface area contributed by atoms with Gasteiger partial charge < -0.3 is 10.6 Å². The molecule has 1 amide bonds. The van der Waals surface area contributed by atoms with Crippen LogP contribution in [0.4, 0.5) is 5.13 Å². The molecule has 0 aliphatic rings. The molecule has 0 unspecified atom stereocenters. The minimum Gasteiger partial charge on any atom is -0.320 e. The Balaban J connectivity index is 2.31. The number of thiazole rings is 1. The summed E-state index contributed by atoms with van der Waals surface area (Å²) in [4.78, 5) is 16.7. The third kappa shape index (κ3) is 4.40. The fourth-order valence-electron chi connectivity index (χ4n) is 1.14. The van der Waals surface area contributed by atoms with Crippen LogP contribution in [0.3, 0.4) is 0 Å². The number of amides is 1. The van der Waals surface area contributed by atoms with Crippen LogP contribution in [-0.4, -0.2) is 24.5 Å². The van der Waals surface area contributed by atoms with E-state index in [0.29, 0.717) is 11.6 Å². The standard InChI is InChI=1S/C10H17N3OS/c1-3-8-7-12-10(15-8)13-9(14)5-4-6-11-2/h7,11H,3-6H2,1-2H3,(H,12,13,14). The maximum absolute atomic E-state index is 11.4. The number of carbonyl (C=O) groups excluding carboxylic acids is 1. The van der Waals surface area contributed by atoms with E-state index < -0.39 is 0 Å². The Morgan fingerprint density at radius 2 is 2.40 bits per heavy atom. The van der Waals surface area contributed by atoms with Crippen molar-refractivity contribution in [1.29, 1.82) is 0 Å². The fourth-order valence-corrected chi connectivity index (χ4v) is 1.90. The summed E-state index contributed by atoms with van der Waals surface area (Å²) >= 11 is 1.54. The molecule has 0 aromatic carbocycles. The maximum Gasteiger partial charge on any atom is 0.226 e. The van der Waals surface area contributed by atoms with Gasteiger partial charge in [0.1, 0.15) is 0 Å². The minimum absolute atomic E-state index is 0.0438. The van der Waals surface area contributed by atoms with E-state index in [4.69, 9.17) is 0 Å². The first-order valence-electron chi connectivity index (χ1n) is 5.15. The van der Waals surface area contributed by atoms with Gasteiger partial charge in [0.15, 0.2) is 5.13 Å². The normalized spacial score (nSPS) is 10.3. The number of hydrogen-bond acceptors (Lipinski definition) is 4. The van der Waals surface area contributed by atoms with Crippen LogP contribution in [0, 0.1) is 0 Å². The Hall–Kier alpha value is -0.940. The topological polar surface area (TPSA) is 54.0 Å². The van der Waals surface area contributed by atoms with E-state index in [2.05, 4.69) is 22.5 Å². The largest absolute Gasteiger partial charge is 0.320 e. The van der Waals surface area contributed by atoms with Crippen molar-refractivity contribution in [2.75, 3.05) is 18.9 Å². The van der Waals surface area contributed by atoms with E-state index in [1.165, 1.54) is 4.88 Å². The van der Waals surface area contributed by atoms with Crippen molar-refractivity contribution in [2.24, 2.45) is 0 Å². The highest BCUT2D eigenvalue weighted by Crippen LogP contribution is 2.18. The van der Waals surface area contributed by atoms with Gasteiger partial charge in [0.25, 0.3) is 0 Å². The van der Waals surface area contributed by atoms with Crippen LogP contribution >= 0.6 is 11.3 Å². The molecular formula is C10H17N3OS. The quantitative estimate of drug-likeness (QED) is 0.726. The van der Waals surface area contributed by atoms with Gasteiger partial charge in [-0.1, -0.05) is 6.92 Å². The van der Waals surface area contributed by atoms with Gasteiger partial charge in [-0.25, -0.2) is 4.98 Å². The first-order chi connectivity index (χ1) is 7.26. The first-order valence-corrected chi connectivity index (χ1v) is 5.97. The molecule has 0 spiro atoms. The SMILES string of the molecule is CCc1cnc(NC(=O)CCCNC)s1. The molecule has 0 saturated carbocycles. The molecule has 4 nitrogen and oxygen atoms in total. The van der Waals surface area contributed by atoms with Gasteiger partial charge in [-0.2, -0.15) is 0 Å². The number of rotatable bonds is 6. The lowest BCUT2D eigenvalue weighted by Crippen LogP contribution is -2.14. The number of aryl methyl sites for hydroxylation is 1. The number of hydrogen-bond donors (Lipinski definition) is 2. The first kappa shape index (κ1) is 12.1. The number of nitrogens with zero attached hydrogens (tertiary/aromatic N) is 1. The van der Waals surface area contributed by atoms with E-state index in [-0.39, 0.29) is 5.91 Å². The average Bonchev–Trinajstić information content (AvgIpc) is 2.66. The zero-order chi connectivity index (χ0) is 11.1. The highest BCUT2D eigenvalue weighted by Gasteiger charge is 2.05. The van der Waals surface area contributed by atoms with Crippen LogP contribution in [-0.2, 0) is 11.2 Å². The van der Waals surface area contributed by atoms with Crippen molar-refractivity contribution < 1.29 is 4.79 Å². The van der Waals surface area contributed by atoms with Gasteiger partial charge in [0.2, 0.25) is 5.91 Å². The predicted octanol–water partition coefficient (Wildman–Crippen LogP) is 1.64. The van der Waals surface area contributed by atoms with E-state index in [0.717, 1.165) is 19.4 Å². The van der Waals surface area contributed by atoms with Crippen LogP contribution in [0.15, 0.2) is 6.20 Å². The summed E-state index contributed by atoms with van der Waals surface area (Å²) in [5.74, 6) is 0.0438. The summed E-state index contributed by atoms with van der Waals surface area (Å²) in [5.41, 5.74) is 0. The second-order valence-corrected chi connectivity index (χ2v) is 4.36. The van der Waals surface area contributed by atoms with Crippen molar-refractivity contribution in [3.8, 4) is 0 Å². The molecule has 0 fully saturated rings. The molecule has 1 aromatic rings. The average molecular weight is 227 g/mol. The van der Waals surface area contributed by atoms with Crippen LogP contribution in [0.25, 0.3) is 0 Å². The van der Waals surface area contributed by atoms with E-state index in [1.54, 1.807) is 11.3 Å². The number of aromatic nitrogens is 1. The van der Waals surface area contributed by atoms with E-state index in [1.807, 2.05) is 13.2 Å². The molecule has 1 aromatic heterocycles. The summed E-state index contributed by atoms with van der Waals surface area (Å²) in [5, 5.41) is 6.51. The molecule has 0 aliphatic carbocycles. The van der Waals surface area contributed by atoms with Crippen LogP contribution in [0.5, 0.6) is 0 Å². The van der Waals surface area contributed by atoms with Crippen LogP contribution in [0.2, 0.25) is 0 Å². The Labute approximate surface area is 94.1 Å². The molecule has 0 bridgehead atoms. The molecule has 1 heterocycles. The summed E-state index contributed by atoms with van der Waals surface area (Å²) in [6, 6.07) is 0. The Bertz CT molecular complexity index is 311.